The third-order valence-corrected chi connectivity index (χ3v) is 8.18. The Kier molecular flexibility index (Phi) is 26.4. The SMILES string of the molecule is CCCCC/C=C/C/C=C/CCCCCCCCN(CCCCCCCCCCC)CCN1CCCC1. The predicted octanol–water partition coefficient (Wildman–Crippen LogP) is 10.7. The molecule has 1 saturated heterocycles. The maximum Gasteiger partial charge on any atom is 0.0109 e. The second kappa shape index (κ2) is 28.4. The molecule has 0 saturated carbocycles. The van der Waals surface area contributed by atoms with Gasteiger partial charge in [-0.1, -0.05) is 128 Å². The second-order valence-corrected chi connectivity index (χ2v) is 11.8. The lowest BCUT2D eigenvalue weighted by Crippen LogP contribution is -2.35. The zero-order valence-electron chi connectivity index (χ0n) is 25.7. The van der Waals surface area contributed by atoms with Crippen molar-refractivity contribution in [2.75, 3.05) is 39.3 Å². The Morgan fingerprint density at radius 3 is 1.46 bits per heavy atom. The van der Waals surface area contributed by atoms with Crippen LogP contribution in [0.15, 0.2) is 24.3 Å². The first-order valence-electron chi connectivity index (χ1n) is 17.1. The van der Waals surface area contributed by atoms with Crippen molar-refractivity contribution in [3.05, 3.63) is 24.3 Å². The molecule has 0 amide bonds. The lowest BCUT2D eigenvalue weighted by Gasteiger charge is -2.25. The monoisotopic (exact) mass is 517 g/mol. The molecule has 0 aromatic heterocycles. The summed E-state index contributed by atoms with van der Waals surface area (Å²) in [7, 11) is 0. The van der Waals surface area contributed by atoms with Crippen LogP contribution in [0.2, 0.25) is 0 Å². The number of allylic oxidation sites excluding steroid dienone is 4. The molecule has 0 atom stereocenters. The van der Waals surface area contributed by atoms with Gasteiger partial charge in [-0.3, -0.25) is 0 Å². The van der Waals surface area contributed by atoms with E-state index in [1.54, 1.807) is 0 Å². The number of likely N-dealkylation sites (tertiary alicyclic amines) is 1. The van der Waals surface area contributed by atoms with Crippen LogP contribution in [0.4, 0.5) is 0 Å². The summed E-state index contributed by atoms with van der Waals surface area (Å²) in [5, 5.41) is 0. The summed E-state index contributed by atoms with van der Waals surface area (Å²) in [5.74, 6) is 0. The molecule has 1 aliphatic rings. The van der Waals surface area contributed by atoms with E-state index in [1.807, 2.05) is 0 Å². The summed E-state index contributed by atoms with van der Waals surface area (Å²) >= 11 is 0. The molecule has 1 aliphatic heterocycles. The molecular formula is C35H68N2. The third-order valence-electron chi connectivity index (χ3n) is 8.18. The van der Waals surface area contributed by atoms with E-state index in [4.69, 9.17) is 0 Å². The minimum absolute atomic E-state index is 1.12. The van der Waals surface area contributed by atoms with E-state index in [9.17, 15) is 0 Å². The van der Waals surface area contributed by atoms with Gasteiger partial charge in [-0.15, -0.1) is 0 Å². The average molecular weight is 517 g/mol. The van der Waals surface area contributed by atoms with Crippen molar-refractivity contribution in [1.82, 2.24) is 9.80 Å². The molecule has 0 aliphatic carbocycles. The molecule has 2 nitrogen and oxygen atoms in total. The molecule has 0 N–H and O–H groups in total. The third kappa shape index (κ3) is 24.2. The van der Waals surface area contributed by atoms with Crippen LogP contribution in [-0.2, 0) is 0 Å². The van der Waals surface area contributed by atoms with Crippen LogP contribution < -0.4 is 0 Å². The van der Waals surface area contributed by atoms with Crippen molar-refractivity contribution in [2.45, 2.75) is 162 Å². The van der Waals surface area contributed by atoms with Crippen molar-refractivity contribution in [2.24, 2.45) is 0 Å². The van der Waals surface area contributed by atoms with E-state index in [2.05, 4.69) is 48.0 Å². The molecular weight excluding hydrogens is 448 g/mol. The molecule has 1 heterocycles. The van der Waals surface area contributed by atoms with E-state index >= 15 is 0 Å². The normalized spacial score (nSPS) is 14.8. The minimum atomic E-state index is 1.12. The van der Waals surface area contributed by atoms with Crippen LogP contribution in [0.3, 0.4) is 0 Å². The van der Waals surface area contributed by atoms with Gasteiger partial charge in [0.1, 0.15) is 0 Å². The first kappa shape index (κ1) is 34.4. The van der Waals surface area contributed by atoms with Crippen molar-refractivity contribution in [3.8, 4) is 0 Å². The lowest BCUT2D eigenvalue weighted by atomic mass is 10.1. The van der Waals surface area contributed by atoms with Crippen LogP contribution in [0, 0.1) is 0 Å². The number of nitrogens with zero attached hydrogens (tertiary/aromatic N) is 2. The summed E-state index contributed by atoms with van der Waals surface area (Å²) < 4.78 is 0. The van der Waals surface area contributed by atoms with E-state index < -0.39 is 0 Å². The van der Waals surface area contributed by atoms with Crippen molar-refractivity contribution in [3.63, 3.8) is 0 Å². The highest BCUT2D eigenvalue weighted by atomic mass is 15.2. The maximum atomic E-state index is 2.81. The zero-order chi connectivity index (χ0) is 26.5. The smallest absolute Gasteiger partial charge is 0.0109 e. The van der Waals surface area contributed by atoms with Gasteiger partial charge < -0.3 is 9.80 Å². The fourth-order valence-electron chi connectivity index (χ4n) is 5.59. The van der Waals surface area contributed by atoms with Gasteiger partial charge >= 0.3 is 0 Å². The molecule has 1 fully saturated rings. The minimum Gasteiger partial charge on any atom is -0.302 e. The molecule has 37 heavy (non-hydrogen) atoms. The topological polar surface area (TPSA) is 6.48 Å². The van der Waals surface area contributed by atoms with Crippen molar-refractivity contribution >= 4 is 0 Å². The summed E-state index contributed by atoms with van der Waals surface area (Å²) in [6.07, 6.45) is 41.4. The quantitative estimate of drug-likeness (QED) is 0.0753. The predicted molar refractivity (Wildman–Crippen MR) is 169 cm³/mol. The van der Waals surface area contributed by atoms with Crippen LogP contribution >= 0.6 is 0 Å². The lowest BCUT2D eigenvalue weighted by molar-refractivity contribution is 0.217. The molecule has 0 bridgehead atoms. The Hall–Kier alpha value is -0.600. The molecule has 0 unspecified atom stereocenters. The van der Waals surface area contributed by atoms with Gasteiger partial charge in [0.15, 0.2) is 0 Å². The summed E-state index contributed by atoms with van der Waals surface area (Å²) in [6.45, 7) is 12.6. The number of hydrogen-bond donors (Lipinski definition) is 0. The van der Waals surface area contributed by atoms with Gasteiger partial charge in [-0.05, 0) is 84.0 Å². The van der Waals surface area contributed by atoms with E-state index in [0.29, 0.717) is 0 Å². The molecule has 2 heteroatoms. The van der Waals surface area contributed by atoms with Crippen LogP contribution in [-0.4, -0.2) is 49.1 Å². The molecule has 0 spiro atoms. The largest absolute Gasteiger partial charge is 0.302 e. The molecule has 0 radical (unpaired) electrons. The van der Waals surface area contributed by atoms with Crippen molar-refractivity contribution in [1.29, 1.82) is 0 Å². The fourth-order valence-corrected chi connectivity index (χ4v) is 5.59. The summed E-state index contributed by atoms with van der Waals surface area (Å²) in [5.41, 5.74) is 0. The highest BCUT2D eigenvalue weighted by Crippen LogP contribution is 2.13. The van der Waals surface area contributed by atoms with E-state index in [-0.39, 0.29) is 0 Å². The average Bonchev–Trinajstić information content (AvgIpc) is 3.44. The summed E-state index contributed by atoms with van der Waals surface area (Å²) in [6, 6.07) is 0. The van der Waals surface area contributed by atoms with Crippen LogP contribution in [0.25, 0.3) is 0 Å². The Bertz CT molecular complexity index is 491. The number of hydrogen-bond acceptors (Lipinski definition) is 2. The van der Waals surface area contributed by atoms with Crippen molar-refractivity contribution < 1.29 is 0 Å². The Morgan fingerprint density at radius 1 is 0.486 bits per heavy atom. The van der Waals surface area contributed by atoms with E-state index in [1.165, 1.54) is 181 Å². The van der Waals surface area contributed by atoms with Gasteiger partial charge in [0, 0.05) is 13.1 Å². The maximum absolute atomic E-state index is 2.81. The Labute approximate surface area is 234 Å². The molecule has 0 aromatic carbocycles. The van der Waals surface area contributed by atoms with E-state index in [0.717, 1.165) is 6.42 Å². The zero-order valence-corrected chi connectivity index (χ0v) is 25.7. The summed E-state index contributed by atoms with van der Waals surface area (Å²) in [4.78, 5) is 5.50. The fraction of sp³-hybridized carbons (Fsp3) is 0.886. The number of unbranched alkanes of at least 4 members (excludes halogenated alkanes) is 17. The molecule has 1 rings (SSSR count). The molecule has 0 aromatic rings. The second-order valence-electron chi connectivity index (χ2n) is 11.8. The van der Waals surface area contributed by atoms with Gasteiger partial charge in [-0.25, -0.2) is 0 Å². The Balaban J connectivity index is 2.02. The standard InChI is InChI=1S/C35H68N2/c1-3-5-7-9-11-13-14-15-16-17-18-19-21-23-25-27-31-36(34-35-37-32-28-29-33-37)30-26-24-22-20-12-10-8-6-4-2/h11,13,15-16H,3-10,12,14,17-35H2,1-2H3/b13-11+,16-15+. The Morgan fingerprint density at radius 2 is 0.919 bits per heavy atom. The van der Waals surface area contributed by atoms with Gasteiger partial charge in [0.2, 0.25) is 0 Å². The van der Waals surface area contributed by atoms with Crippen LogP contribution in [0.5, 0.6) is 0 Å². The van der Waals surface area contributed by atoms with Gasteiger partial charge in [0.05, 0.1) is 0 Å². The molecule has 218 valence electrons. The van der Waals surface area contributed by atoms with Gasteiger partial charge in [-0.2, -0.15) is 0 Å². The first-order valence-corrected chi connectivity index (χ1v) is 17.1. The number of rotatable bonds is 28. The first-order chi connectivity index (χ1) is 18.4. The highest BCUT2D eigenvalue weighted by molar-refractivity contribution is 4.92. The highest BCUT2D eigenvalue weighted by Gasteiger charge is 2.13. The van der Waals surface area contributed by atoms with Crippen LogP contribution in [0.1, 0.15) is 162 Å². The van der Waals surface area contributed by atoms with Gasteiger partial charge in [0.25, 0.3) is 0 Å².